The van der Waals surface area contributed by atoms with Gasteiger partial charge in [-0.05, 0) is 90.2 Å². The number of hydrogen-bond donors (Lipinski definition) is 1. The van der Waals surface area contributed by atoms with E-state index >= 15 is 0 Å². The van der Waals surface area contributed by atoms with Gasteiger partial charge in [-0.25, -0.2) is 4.98 Å². The maximum absolute atomic E-state index is 14.0. The van der Waals surface area contributed by atoms with Gasteiger partial charge in [0.05, 0.1) is 11.3 Å². The number of thiophene rings is 1. The van der Waals surface area contributed by atoms with Gasteiger partial charge in [0.1, 0.15) is 5.82 Å². The minimum atomic E-state index is -0.220. The van der Waals surface area contributed by atoms with Crippen molar-refractivity contribution in [1.29, 1.82) is 0 Å². The van der Waals surface area contributed by atoms with Gasteiger partial charge < -0.3 is 29.8 Å². The second kappa shape index (κ2) is 13.2. The van der Waals surface area contributed by atoms with Crippen LogP contribution < -0.4 is 20.1 Å². The second-order valence-corrected chi connectivity index (χ2v) is 14.2. The van der Waals surface area contributed by atoms with Crippen molar-refractivity contribution < 1.29 is 34.7 Å². The Morgan fingerprint density at radius 3 is 2.52 bits per heavy atom. The van der Waals surface area contributed by atoms with Gasteiger partial charge in [-0.1, -0.05) is 42.5 Å². The number of amides is 2. The normalized spacial score (nSPS) is 16.2. The molecule has 2 amide bonds. The smallest absolute Gasteiger partial charge is 0.259 e. The van der Waals surface area contributed by atoms with Crippen molar-refractivity contribution in [2.45, 2.75) is 19.3 Å². The van der Waals surface area contributed by atoms with Crippen LogP contribution in [0.15, 0.2) is 97.2 Å². The van der Waals surface area contributed by atoms with Crippen LogP contribution >= 0.6 is 11.3 Å². The van der Waals surface area contributed by atoms with Crippen molar-refractivity contribution in [3.63, 3.8) is 0 Å². The monoisotopic (exact) mass is 852 g/mol. The summed E-state index contributed by atoms with van der Waals surface area (Å²) in [6, 6.07) is 28.9. The SMILES string of the molecule is O=C(Nc1ccc(C(=O)N2CCc3cc(-c4nc5ccccc5[n-]4)sc3-c3ccccc32)cc1)c1cccnc1N1CC2(CCOCC2)C1.[Re]. The number of carbonyl (C=O) groups excluding carboxylic acids is 2. The van der Waals surface area contributed by atoms with Gasteiger partial charge in [0.15, 0.2) is 0 Å². The number of aromatic nitrogens is 3. The first-order chi connectivity index (χ1) is 24.0. The molecule has 3 aromatic carbocycles. The van der Waals surface area contributed by atoms with E-state index in [1.807, 2.05) is 53.4 Å². The third-order valence-electron chi connectivity index (χ3n) is 9.98. The molecule has 50 heavy (non-hydrogen) atoms. The Kier molecular flexibility index (Phi) is 8.61. The third kappa shape index (κ3) is 5.84. The average Bonchev–Trinajstić information content (AvgIpc) is 3.73. The third-order valence-corrected chi connectivity index (χ3v) is 11.2. The number of fused-ring (bicyclic) bond motifs is 4. The Labute approximate surface area is 307 Å². The number of ether oxygens (including phenoxy) is 1. The fourth-order valence-electron chi connectivity index (χ4n) is 7.34. The van der Waals surface area contributed by atoms with E-state index in [-0.39, 0.29) is 37.7 Å². The number of rotatable bonds is 5. The molecule has 2 fully saturated rings. The van der Waals surface area contributed by atoms with Gasteiger partial charge in [0, 0.05) is 91.5 Å². The van der Waals surface area contributed by atoms with Crippen molar-refractivity contribution in [3.8, 4) is 21.1 Å². The van der Waals surface area contributed by atoms with Gasteiger partial charge in [0.25, 0.3) is 11.8 Å². The molecular formula is C39H33N6O3ReS-. The van der Waals surface area contributed by atoms with Gasteiger partial charge in [-0.2, -0.15) is 0 Å². The Bertz CT molecular complexity index is 2180. The molecule has 3 aliphatic rings. The van der Waals surface area contributed by atoms with Crippen LogP contribution in [0.2, 0.25) is 0 Å². The average molecular weight is 852 g/mol. The van der Waals surface area contributed by atoms with Gasteiger partial charge in [0.2, 0.25) is 0 Å². The largest absolute Gasteiger partial charge is 0.435 e. The molecule has 0 bridgehead atoms. The zero-order chi connectivity index (χ0) is 33.0. The predicted octanol–water partition coefficient (Wildman–Crippen LogP) is 7.05. The fourth-order valence-corrected chi connectivity index (χ4v) is 8.52. The first-order valence-electron chi connectivity index (χ1n) is 16.7. The summed E-state index contributed by atoms with van der Waals surface area (Å²) >= 11 is 1.67. The molecule has 2 saturated heterocycles. The summed E-state index contributed by atoms with van der Waals surface area (Å²) in [4.78, 5) is 47.8. The molecule has 0 saturated carbocycles. The number of imidazole rings is 1. The standard InChI is InChI=1S/C39H34N6O3S.Re/c46-37(29-7-5-18-40-36(29)44-23-39(24-44)16-20-48-21-17-39)41-27-13-11-25(12-14-27)38(47)45-19-15-26-22-33(35-42-30-8-2-3-9-31(30)43-35)49-34(26)28-6-1-4-10-32(28)45;/h1-14,18,22H,15-17,19-21,23-24H2,(H2,41,42,43,46,47);/p-1. The van der Waals surface area contributed by atoms with Crippen molar-refractivity contribution in [2.24, 2.45) is 5.41 Å². The summed E-state index contributed by atoms with van der Waals surface area (Å²) in [6.07, 6.45) is 4.54. The number of pyridine rings is 1. The number of para-hydroxylation sites is 3. The van der Waals surface area contributed by atoms with Crippen molar-refractivity contribution in [2.75, 3.05) is 48.0 Å². The molecule has 6 aromatic rings. The van der Waals surface area contributed by atoms with Crippen LogP contribution in [0.5, 0.6) is 0 Å². The Balaban J connectivity index is 0.00000361. The molecular weight excluding hydrogens is 819 g/mol. The minimum Gasteiger partial charge on any atom is -0.435 e. The first kappa shape index (κ1) is 32.5. The van der Waals surface area contributed by atoms with Crippen LogP contribution in [0.3, 0.4) is 0 Å². The van der Waals surface area contributed by atoms with E-state index in [2.05, 4.69) is 27.3 Å². The number of benzene rings is 3. The Morgan fingerprint density at radius 1 is 0.920 bits per heavy atom. The quantitative estimate of drug-likeness (QED) is 0.199. The van der Waals surface area contributed by atoms with E-state index in [0.29, 0.717) is 35.6 Å². The summed E-state index contributed by atoms with van der Waals surface area (Å²) < 4.78 is 5.56. The Hall–Kier alpha value is -4.66. The first-order valence-corrected chi connectivity index (χ1v) is 17.5. The molecule has 0 aliphatic carbocycles. The summed E-state index contributed by atoms with van der Waals surface area (Å²) in [7, 11) is 0. The van der Waals surface area contributed by atoms with Crippen LogP contribution in [-0.2, 0) is 31.6 Å². The van der Waals surface area contributed by atoms with Crippen molar-refractivity contribution >= 4 is 51.4 Å². The predicted molar refractivity (Wildman–Crippen MR) is 193 cm³/mol. The van der Waals surface area contributed by atoms with E-state index < -0.39 is 0 Å². The topological polar surface area (TPSA) is 102 Å². The molecule has 251 valence electrons. The van der Waals surface area contributed by atoms with Gasteiger partial charge in [-0.15, -0.1) is 11.3 Å². The van der Waals surface area contributed by atoms with E-state index in [1.165, 1.54) is 5.56 Å². The number of nitrogens with zero attached hydrogens (tertiary/aromatic N) is 5. The zero-order valence-electron chi connectivity index (χ0n) is 27.1. The molecule has 0 atom stereocenters. The fraction of sp³-hybridized carbons (Fsp3) is 0.231. The summed E-state index contributed by atoms with van der Waals surface area (Å²) in [5.74, 6) is 1.14. The van der Waals surface area contributed by atoms with Crippen molar-refractivity contribution in [3.05, 3.63) is 114 Å². The maximum atomic E-state index is 14.0. The molecule has 0 unspecified atom stereocenters. The Morgan fingerprint density at radius 2 is 1.70 bits per heavy atom. The van der Waals surface area contributed by atoms with Crippen LogP contribution in [-0.4, -0.2) is 54.6 Å². The van der Waals surface area contributed by atoms with E-state index in [4.69, 9.17) is 14.7 Å². The zero-order valence-corrected chi connectivity index (χ0v) is 30.7. The summed E-state index contributed by atoms with van der Waals surface area (Å²) in [5.41, 5.74) is 6.85. The van der Waals surface area contributed by atoms with Gasteiger partial charge in [-0.3, -0.25) is 9.59 Å². The molecule has 1 spiro atoms. The number of anilines is 3. The number of nitrogens with one attached hydrogen (secondary N) is 1. The van der Waals surface area contributed by atoms with Crippen molar-refractivity contribution in [1.82, 2.24) is 15.0 Å². The van der Waals surface area contributed by atoms with E-state index in [9.17, 15) is 9.59 Å². The maximum Gasteiger partial charge on any atom is 0.259 e. The molecule has 9 nitrogen and oxygen atoms in total. The minimum absolute atomic E-state index is 0. The van der Waals surface area contributed by atoms with E-state index in [0.717, 1.165) is 77.0 Å². The van der Waals surface area contributed by atoms with Crippen LogP contribution in [0.4, 0.5) is 17.2 Å². The molecule has 3 aromatic heterocycles. The summed E-state index contributed by atoms with van der Waals surface area (Å²) in [6.45, 7) is 3.91. The summed E-state index contributed by atoms with van der Waals surface area (Å²) in [5, 5.41) is 3.02. The van der Waals surface area contributed by atoms with Crippen LogP contribution in [0.25, 0.3) is 32.2 Å². The molecule has 9 rings (SSSR count). The van der Waals surface area contributed by atoms with Gasteiger partial charge >= 0.3 is 0 Å². The van der Waals surface area contributed by atoms with Crippen LogP contribution in [0.1, 0.15) is 39.1 Å². The number of hydrogen-bond acceptors (Lipinski definition) is 7. The molecule has 1 N–H and O–H groups in total. The van der Waals surface area contributed by atoms with Crippen LogP contribution in [0, 0.1) is 5.41 Å². The van der Waals surface area contributed by atoms with E-state index in [1.54, 1.807) is 47.9 Å². The molecule has 1 radical (unpaired) electrons. The second-order valence-electron chi connectivity index (χ2n) is 13.1. The molecule has 6 heterocycles. The molecule has 3 aliphatic heterocycles. The number of carbonyl (C=O) groups is 2. The molecule has 11 heteroatoms.